The molecule has 0 aromatic carbocycles. The summed E-state index contributed by atoms with van der Waals surface area (Å²) in [5.74, 6) is -4.15. The van der Waals surface area contributed by atoms with Crippen LogP contribution in [0.2, 0.25) is 0 Å². The molecule has 17 N–H and O–H groups in total. The number of aliphatic hydroxyl groups excluding tert-OH is 9. The van der Waals surface area contributed by atoms with Gasteiger partial charge in [-0.15, -0.1) is 0 Å². The van der Waals surface area contributed by atoms with Crippen LogP contribution in [0, 0.1) is 0 Å². The van der Waals surface area contributed by atoms with Crippen LogP contribution in [0.1, 0.15) is 72.1 Å². The molecule has 0 spiro atoms. The van der Waals surface area contributed by atoms with Gasteiger partial charge in [0.2, 0.25) is 47.3 Å². The lowest BCUT2D eigenvalue weighted by Gasteiger charge is -2.42. The minimum atomic E-state index is -1.58. The molecule has 87 heavy (non-hydrogen) atoms. The zero-order valence-corrected chi connectivity index (χ0v) is 49.5. The van der Waals surface area contributed by atoms with Crippen LogP contribution < -0.4 is 42.5 Å². The van der Waals surface area contributed by atoms with E-state index in [2.05, 4.69) is 42.5 Å². The van der Waals surface area contributed by atoms with Gasteiger partial charge in [0.15, 0.2) is 18.9 Å². The summed E-state index contributed by atoms with van der Waals surface area (Å²) in [5, 5.41) is 112. The highest BCUT2D eigenvalue weighted by atomic mass is 16.7. The maximum absolute atomic E-state index is 13.6. The number of hydrogen-bond acceptors (Lipinski definition) is 27. The summed E-state index contributed by atoms with van der Waals surface area (Å²) in [6.07, 6.45) is -16.9. The smallest absolute Gasteiger partial charge is 0.222 e. The molecule has 3 fully saturated rings. The molecule has 35 nitrogen and oxygen atoms in total. The van der Waals surface area contributed by atoms with E-state index in [1.54, 1.807) is 0 Å². The van der Waals surface area contributed by atoms with E-state index in [0.717, 1.165) is 0 Å². The van der Waals surface area contributed by atoms with Crippen molar-refractivity contribution in [3.05, 3.63) is 0 Å². The summed E-state index contributed by atoms with van der Waals surface area (Å²) in [4.78, 5) is 100. The molecule has 3 heterocycles. The molecule has 3 aliphatic heterocycles. The predicted molar refractivity (Wildman–Crippen MR) is 293 cm³/mol. The Bertz CT molecular complexity index is 1900. The average Bonchev–Trinajstić information content (AvgIpc) is 3.24. The first-order valence-electron chi connectivity index (χ1n) is 28.6. The van der Waals surface area contributed by atoms with Gasteiger partial charge in [-0.25, -0.2) is 0 Å². The van der Waals surface area contributed by atoms with Gasteiger partial charge < -0.3 is 136 Å². The quantitative estimate of drug-likeness (QED) is 0.0199. The van der Waals surface area contributed by atoms with Gasteiger partial charge >= 0.3 is 0 Å². The Morgan fingerprint density at radius 3 is 1.00 bits per heavy atom. The SMILES string of the molecule is COCNC(=O)CCC(=O)NC(COCCC(=O)NCCCO[C@@H]1OC(CO)[C@H](O)[C@H](O)C1NC(C)=O)(COCCC(=O)NCCCO[C@@H]1OC(CO)[C@H](O)[C@H](O)C1NC(C)=O)COCCC(=O)NCCCO[C@@H]1OC(CO)[C@H](O)[C@H](O)C1NC(C)=O. The Labute approximate surface area is 502 Å². The zero-order chi connectivity index (χ0) is 64.5. The van der Waals surface area contributed by atoms with Crippen molar-refractivity contribution < 1.29 is 132 Å². The number of aliphatic hydroxyl groups is 9. The Hall–Kier alpha value is -5.00. The van der Waals surface area contributed by atoms with Gasteiger partial charge in [0, 0.05) is 79.6 Å². The van der Waals surface area contributed by atoms with Gasteiger partial charge in [-0.2, -0.15) is 0 Å². The fourth-order valence-corrected chi connectivity index (χ4v) is 8.96. The number of carbonyl (C=O) groups is 8. The molecule has 3 saturated heterocycles. The van der Waals surface area contributed by atoms with Crippen molar-refractivity contribution in [2.45, 2.75) is 170 Å². The molecule has 3 rings (SSSR count). The highest BCUT2D eigenvalue weighted by molar-refractivity contribution is 5.84. The second-order valence-electron chi connectivity index (χ2n) is 20.8. The van der Waals surface area contributed by atoms with E-state index in [9.17, 15) is 84.3 Å². The predicted octanol–water partition coefficient (Wildman–Crippen LogP) is -9.04. The van der Waals surface area contributed by atoms with Gasteiger partial charge in [0.25, 0.3) is 0 Å². The van der Waals surface area contributed by atoms with Crippen molar-refractivity contribution in [2.24, 2.45) is 0 Å². The lowest BCUT2D eigenvalue weighted by molar-refractivity contribution is -0.270. The summed E-state index contributed by atoms with van der Waals surface area (Å²) in [6.45, 7) is -0.0629. The topological polar surface area (TPSA) is 507 Å². The Morgan fingerprint density at radius 1 is 0.414 bits per heavy atom. The third-order valence-electron chi connectivity index (χ3n) is 13.5. The number of carbonyl (C=O) groups excluding carboxylic acids is 8. The van der Waals surface area contributed by atoms with E-state index in [0.29, 0.717) is 0 Å². The van der Waals surface area contributed by atoms with Crippen LogP contribution in [0.15, 0.2) is 0 Å². The summed E-state index contributed by atoms with van der Waals surface area (Å²) in [6, 6.07) is -3.47. The number of hydrogen-bond donors (Lipinski definition) is 17. The number of nitrogens with one attached hydrogen (secondary N) is 8. The molecule has 8 amide bonds. The van der Waals surface area contributed by atoms with Crippen molar-refractivity contribution in [1.82, 2.24) is 42.5 Å². The van der Waals surface area contributed by atoms with Crippen LogP contribution >= 0.6 is 0 Å². The lowest BCUT2D eigenvalue weighted by atomic mass is 9.97. The van der Waals surface area contributed by atoms with Crippen molar-refractivity contribution in [3.63, 3.8) is 0 Å². The second-order valence-corrected chi connectivity index (χ2v) is 20.8. The van der Waals surface area contributed by atoms with Crippen LogP contribution in [0.5, 0.6) is 0 Å². The summed E-state index contributed by atoms with van der Waals surface area (Å²) in [7, 11) is 1.36. The standard InChI is InChI=1S/C52H92N8O27/c1-29(64)57-40-46(75)43(72)32(22-61)85-49(40)82-16-5-13-53-36(68)10-19-79-25-52(60-39(71)9-8-35(67)56-28-78-4,26-80-20-11-37(69)54-14-6-17-83-50-41(58-30(2)65)47(76)44(73)33(23-62)86-50)27-81-21-12-38(70)55-15-7-18-84-51-42(59-31(3)66)48(77)45(74)34(24-63)87-51/h32-34,40-51,61-63,72-77H,5-28H2,1-4H3,(H,53,68)(H,54,69)(H,55,70)(H,56,67)(H,57,64)(H,58,65)(H,59,66)(H,60,71)/t32?,33?,34?,40?,41?,42?,43-,44-,45-,46+,47+,48+,49+,50+,51+,52?/m0/s1. The zero-order valence-electron chi connectivity index (χ0n) is 49.5. The van der Waals surface area contributed by atoms with Gasteiger partial charge in [-0.1, -0.05) is 0 Å². The van der Waals surface area contributed by atoms with Gasteiger partial charge in [0.1, 0.15) is 85.3 Å². The lowest BCUT2D eigenvalue weighted by Crippen LogP contribution is -2.64. The molecule has 3 aliphatic rings. The normalized spacial score (nSPS) is 27.9. The van der Waals surface area contributed by atoms with Crippen LogP contribution in [0.4, 0.5) is 0 Å². The summed E-state index contributed by atoms with van der Waals surface area (Å²) < 4.78 is 56.4. The van der Waals surface area contributed by atoms with E-state index in [4.69, 9.17) is 47.4 Å². The molecule has 35 heteroatoms. The van der Waals surface area contributed by atoms with Gasteiger partial charge in [-0.05, 0) is 19.3 Å². The van der Waals surface area contributed by atoms with Crippen LogP contribution in [-0.4, -0.2) is 303 Å². The summed E-state index contributed by atoms with van der Waals surface area (Å²) >= 11 is 0. The fourth-order valence-electron chi connectivity index (χ4n) is 8.96. The molecule has 0 saturated carbocycles. The maximum atomic E-state index is 13.6. The van der Waals surface area contributed by atoms with Gasteiger partial charge in [0.05, 0.1) is 79.3 Å². The first-order chi connectivity index (χ1) is 41.5. The minimum Gasteiger partial charge on any atom is -0.394 e. The fraction of sp³-hybridized carbons (Fsp3) is 0.846. The van der Waals surface area contributed by atoms with E-state index < -0.39 is 165 Å². The average molecular weight is 1260 g/mol. The largest absolute Gasteiger partial charge is 0.394 e. The monoisotopic (exact) mass is 1260 g/mol. The molecule has 0 aromatic rings. The molecule has 0 radical (unpaired) electrons. The first kappa shape index (κ1) is 76.2. The van der Waals surface area contributed by atoms with Crippen molar-refractivity contribution in [2.75, 3.05) is 113 Å². The Morgan fingerprint density at radius 2 is 0.713 bits per heavy atom. The highest BCUT2D eigenvalue weighted by Gasteiger charge is 2.48. The maximum Gasteiger partial charge on any atom is 0.222 e. The molecule has 6 unspecified atom stereocenters. The van der Waals surface area contributed by atoms with Crippen molar-refractivity contribution >= 4 is 47.3 Å². The molecule has 0 bridgehead atoms. The van der Waals surface area contributed by atoms with Gasteiger partial charge in [-0.3, -0.25) is 38.4 Å². The number of ether oxygens (including phenoxy) is 10. The third kappa shape index (κ3) is 27.7. The van der Waals surface area contributed by atoms with Crippen LogP contribution in [0.25, 0.3) is 0 Å². The minimum absolute atomic E-state index is 0.0432. The number of methoxy groups -OCH3 is 1. The van der Waals surface area contributed by atoms with E-state index in [-0.39, 0.29) is 137 Å². The number of amides is 8. The van der Waals surface area contributed by atoms with E-state index >= 15 is 0 Å². The van der Waals surface area contributed by atoms with Crippen LogP contribution in [-0.2, 0) is 85.7 Å². The molecule has 15 atom stereocenters. The highest BCUT2D eigenvalue weighted by Crippen LogP contribution is 2.25. The van der Waals surface area contributed by atoms with Crippen LogP contribution in [0.3, 0.4) is 0 Å². The molecule has 0 aliphatic carbocycles. The van der Waals surface area contributed by atoms with Crippen molar-refractivity contribution in [3.8, 4) is 0 Å². The second kappa shape index (κ2) is 41.3. The summed E-state index contributed by atoms with van der Waals surface area (Å²) in [5.41, 5.74) is -1.58. The third-order valence-corrected chi connectivity index (χ3v) is 13.5. The molecule has 0 aromatic heterocycles. The Kier molecular flexibility index (Phi) is 36.2. The first-order valence-corrected chi connectivity index (χ1v) is 28.6. The van der Waals surface area contributed by atoms with E-state index in [1.165, 1.54) is 27.9 Å². The molecule has 502 valence electrons. The number of rotatable bonds is 42. The molecular formula is C52H92N8O27. The Balaban J connectivity index is 1.63. The van der Waals surface area contributed by atoms with Crippen molar-refractivity contribution in [1.29, 1.82) is 0 Å². The van der Waals surface area contributed by atoms with E-state index in [1.807, 2.05) is 0 Å². The molecular weight excluding hydrogens is 1170 g/mol.